The van der Waals surface area contributed by atoms with Gasteiger partial charge in [-0.3, -0.25) is 0 Å². The third-order valence-corrected chi connectivity index (χ3v) is 5.44. The summed E-state index contributed by atoms with van der Waals surface area (Å²) in [5.74, 6) is 2.16. The van der Waals surface area contributed by atoms with Gasteiger partial charge in [0.15, 0.2) is 0 Å². The van der Waals surface area contributed by atoms with E-state index in [4.69, 9.17) is 4.74 Å². The molecule has 32 heavy (non-hydrogen) atoms. The van der Waals surface area contributed by atoms with Gasteiger partial charge in [-0.25, -0.2) is 9.97 Å². The Labute approximate surface area is 187 Å². The first-order chi connectivity index (χ1) is 15.6. The zero-order chi connectivity index (χ0) is 22.3. The molecule has 2 aromatic heterocycles. The van der Waals surface area contributed by atoms with Crippen LogP contribution in [0, 0.1) is 18.3 Å². The molecule has 0 unspecified atom stereocenters. The molecular formula is C24H26N6O2. The van der Waals surface area contributed by atoms with Crippen molar-refractivity contribution in [2.24, 2.45) is 0 Å². The number of ether oxygens (including phenoxy) is 1. The van der Waals surface area contributed by atoms with Crippen LogP contribution >= 0.6 is 0 Å². The minimum Gasteiger partial charge on any atom is -0.439 e. The summed E-state index contributed by atoms with van der Waals surface area (Å²) in [7, 11) is 0. The minimum atomic E-state index is -0.234. The van der Waals surface area contributed by atoms with Crippen LogP contribution in [-0.4, -0.2) is 32.2 Å². The fourth-order valence-corrected chi connectivity index (χ4v) is 3.69. The maximum atomic E-state index is 9.71. The summed E-state index contributed by atoms with van der Waals surface area (Å²) in [5, 5.41) is 25.7. The highest BCUT2D eigenvalue weighted by Crippen LogP contribution is 2.25. The summed E-state index contributed by atoms with van der Waals surface area (Å²) >= 11 is 0. The number of nitrogens with zero attached hydrogens (tertiary/aromatic N) is 4. The molecule has 1 fully saturated rings. The first-order valence-corrected chi connectivity index (χ1v) is 10.7. The largest absolute Gasteiger partial charge is 0.439 e. The van der Waals surface area contributed by atoms with Crippen LogP contribution in [0.1, 0.15) is 42.4 Å². The van der Waals surface area contributed by atoms with Gasteiger partial charge in [-0.1, -0.05) is 18.2 Å². The van der Waals surface area contributed by atoms with Crippen LogP contribution in [-0.2, 0) is 6.54 Å². The van der Waals surface area contributed by atoms with Crippen LogP contribution in [0.4, 0.5) is 11.8 Å². The van der Waals surface area contributed by atoms with Crippen molar-refractivity contribution in [1.82, 2.24) is 15.0 Å². The lowest BCUT2D eigenvalue weighted by molar-refractivity contribution is 0.126. The van der Waals surface area contributed by atoms with Crippen molar-refractivity contribution in [2.45, 2.75) is 51.3 Å². The molecule has 1 aromatic carbocycles. The Morgan fingerprint density at radius 2 is 2.00 bits per heavy atom. The molecule has 1 aliphatic rings. The Morgan fingerprint density at radius 3 is 2.78 bits per heavy atom. The van der Waals surface area contributed by atoms with Crippen LogP contribution in [0.2, 0.25) is 0 Å². The number of nitrogens with one attached hydrogen (secondary N) is 2. The molecule has 0 atom stereocenters. The zero-order valence-corrected chi connectivity index (χ0v) is 18.0. The molecule has 4 rings (SSSR count). The van der Waals surface area contributed by atoms with Crippen LogP contribution < -0.4 is 15.4 Å². The van der Waals surface area contributed by atoms with Crippen molar-refractivity contribution in [1.29, 1.82) is 5.26 Å². The molecule has 0 saturated heterocycles. The van der Waals surface area contributed by atoms with Crippen molar-refractivity contribution < 1.29 is 9.84 Å². The van der Waals surface area contributed by atoms with E-state index in [2.05, 4.69) is 31.7 Å². The van der Waals surface area contributed by atoms with Gasteiger partial charge < -0.3 is 20.5 Å². The lowest BCUT2D eigenvalue weighted by atomic mass is 9.93. The maximum absolute atomic E-state index is 9.71. The molecule has 0 spiro atoms. The topological polar surface area (TPSA) is 116 Å². The van der Waals surface area contributed by atoms with E-state index in [9.17, 15) is 10.4 Å². The minimum absolute atomic E-state index is 0.181. The second-order valence-corrected chi connectivity index (χ2v) is 7.96. The van der Waals surface area contributed by atoms with Crippen molar-refractivity contribution >= 4 is 11.8 Å². The number of aliphatic hydroxyl groups excluding tert-OH is 1. The van der Waals surface area contributed by atoms with Gasteiger partial charge in [0, 0.05) is 24.3 Å². The molecular weight excluding hydrogens is 404 g/mol. The molecule has 0 amide bonds. The number of hydrogen-bond donors (Lipinski definition) is 3. The number of aromatic nitrogens is 3. The van der Waals surface area contributed by atoms with E-state index in [1.807, 2.05) is 43.3 Å². The van der Waals surface area contributed by atoms with E-state index in [0.717, 1.165) is 42.6 Å². The Kier molecular flexibility index (Phi) is 6.78. The monoisotopic (exact) mass is 430 g/mol. The Morgan fingerprint density at radius 1 is 1.16 bits per heavy atom. The number of benzene rings is 1. The average molecular weight is 431 g/mol. The van der Waals surface area contributed by atoms with Gasteiger partial charge >= 0.3 is 0 Å². The zero-order valence-electron chi connectivity index (χ0n) is 18.0. The molecule has 0 radical (unpaired) electrons. The normalized spacial score (nSPS) is 17.9. The third kappa shape index (κ3) is 5.50. The number of rotatable bonds is 7. The highest BCUT2D eigenvalue weighted by atomic mass is 16.5. The highest BCUT2D eigenvalue weighted by Gasteiger charge is 2.21. The van der Waals surface area contributed by atoms with Crippen molar-refractivity contribution in [3.8, 4) is 17.7 Å². The number of pyridine rings is 1. The third-order valence-electron chi connectivity index (χ3n) is 5.44. The van der Waals surface area contributed by atoms with Crippen LogP contribution in [0.3, 0.4) is 0 Å². The van der Waals surface area contributed by atoms with E-state index in [1.54, 1.807) is 6.20 Å². The first-order valence-electron chi connectivity index (χ1n) is 10.7. The lowest BCUT2D eigenvalue weighted by Gasteiger charge is -2.26. The van der Waals surface area contributed by atoms with Crippen LogP contribution in [0.5, 0.6) is 11.6 Å². The van der Waals surface area contributed by atoms with Crippen LogP contribution in [0.25, 0.3) is 0 Å². The first kappa shape index (κ1) is 21.5. The van der Waals surface area contributed by atoms with Crippen molar-refractivity contribution in [3.05, 3.63) is 65.5 Å². The number of aliphatic hydroxyl groups is 1. The van der Waals surface area contributed by atoms with E-state index >= 15 is 0 Å². The average Bonchev–Trinajstić information content (AvgIpc) is 2.80. The van der Waals surface area contributed by atoms with Gasteiger partial charge in [0.25, 0.3) is 0 Å². The summed E-state index contributed by atoms with van der Waals surface area (Å²) in [5.41, 5.74) is 2.36. The SMILES string of the molecule is Cc1cccc(Oc2ncccc2CNc2ncc(C#N)c(NC3CCC(O)CC3)n2)c1. The summed E-state index contributed by atoms with van der Waals surface area (Å²) in [4.78, 5) is 13.2. The lowest BCUT2D eigenvalue weighted by Crippen LogP contribution is -2.29. The molecule has 1 aliphatic carbocycles. The molecule has 2 heterocycles. The van der Waals surface area contributed by atoms with Gasteiger partial charge in [-0.2, -0.15) is 10.2 Å². The Hall–Kier alpha value is -3.70. The summed E-state index contributed by atoms with van der Waals surface area (Å²) in [6.07, 6.45) is 6.16. The number of hydrogen-bond acceptors (Lipinski definition) is 8. The van der Waals surface area contributed by atoms with E-state index in [0.29, 0.717) is 29.8 Å². The summed E-state index contributed by atoms with van der Waals surface area (Å²) < 4.78 is 5.98. The fraction of sp³-hybridized carbons (Fsp3) is 0.333. The second kappa shape index (κ2) is 10.1. The van der Waals surface area contributed by atoms with Gasteiger partial charge in [0.05, 0.1) is 12.3 Å². The summed E-state index contributed by atoms with van der Waals surface area (Å²) in [6.45, 7) is 2.42. The second-order valence-electron chi connectivity index (χ2n) is 7.96. The van der Waals surface area contributed by atoms with Gasteiger partial charge in [0.2, 0.25) is 11.8 Å². The Balaban J connectivity index is 1.45. The van der Waals surface area contributed by atoms with Gasteiger partial charge in [0.1, 0.15) is 23.2 Å². The smallest absolute Gasteiger partial charge is 0.224 e. The molecule has 3 aromatic rings. The molecule has 8 heteroatoms. The van der Waals surface area contributed by atoms with E-state index in [-0.39, 0.29) is 12.1 Å². The predicted molar refractivity (Wildman–Crippen MR) is 121 cm³/mol. The van der Waals surface area contributed by atoms with Crippen LogP contribution in [0.15, 0.2) is 48.8 Å². The molecule has 0 bridgehead atoms. The van der Waals surface area contributed by atoms with Gasteiger partial charge in [-0.05, 0) is 56.4 Å². The maximum Gasteiger partial charge on any atom is 0.224 e. The Bertz CT molecular complexity index is 1110. The number of anilines is 2. The number of nitriles is 1. The van der Waals surface area contributed by atoms with Crippen molar-refractivity contribution in [2.75, 3.05) is 10.6 Å². The highest BCUT2D eigenvalue weighted by molar-refractivity contribution is 5.54. The molecule has 8 nitrogen and oxygen atoms in total. The molecule has 3 N–H and O–H groups in total. The quantitative estimate of drug-likeness (QED) is 0.511. The number of aryl methyl sites for hydroxylation is 1. The molecule has 0 aliphatic heterocycles. The van der Waals surface area contributed by atoms with Gasteiger partial charge in [-0.15, -0.1) is 0 Å². The predicted octanol–water partition coefficient (Wildman–Crippen LogP) is 4.17. The molecule has 164 valence electrons. The fourth-order valence-electron chi connectivity index (χ4n) is 3.69. The van der Waals surface area contributed by atoms with Crippen molar-refractivity contribution in [3.63, 3.8) is 0 Å². The summed E-state index contributed by atoms with van der Waals surface area (Å²) in [6, 6.07) is 13.9. The van der Waals surface area contributed by atoms with E-state index < -0.39 is 0 Å². The standard InChI is InChI=1S/C24H26N6O2/c1-16-4-2-6-21(12-16)32-23-17(5-3-11-26-23)14-27-24-28-15-18(13-25)22(30-24)29-19-7-9-20(31)10-8-19/h2-6,11-12,15,19-20,31H,7-10,14H2,1H3,(H2,27,28,29,30). The van der Waals surface area contributed by atoms with E-state index in [1.165, 1.54) is 6.20 Å². The molecule has 1 saturated carbocycles.